The van der Waals surface area contributed by atoms with Crippen LogP contribution in [0.15, 0.2) is 18.2 Å². The minimum Gasteiger partial charge on any atom is -0.395 e. The van der Waals surface area contributed by atoms with Gasteiger partial charge in [0.2, 0.25) is 0 Å². The smallest absolute Gasteiger partial charge is 0.395 e. The van der Waals surface area contributed by atoms with E-state index in [1.165, 1.54) is 0 Å². The zero-order valence-electron chi connectivity index (χ0n) is 8.90. The number of halogens is 4. The number of benzene rings is 1. The zero-order valence-corrected chi connectivity index (χ0v) is 8.90. The van der Waals surface area contributed by atoms with Crippen molar-refractivity contribution in [2.75, 3.05) is 6.61 Å². The third kappa shape index (κ3) is 2.72. The van der Waals surface area contributed by atoms with E-state index in [0.717, 1.165) is 12.1 Å². The van der Waals surface area contributed by atoms with Crippen LogP contribution in [0.4, 0.5) is 17.6 Å². The molecule has 16 heavy (non-hydrogen) atoms. The lowest BCUT2D eigenvalue weighted by Gasteiger charge is -2.23. The Morgan fingerprint density at radius 2 is 1.56 bits per heavy atom. The van der Waals surface area contributed by atoms with Crippen LogP contribution in [-0.2, 0) is 11.6 Å². The lowest BCUT2D eigenvalue weighted by Crippen LogP contribution is -2.23. The second kappa shape index (κ2) is 4.05. The summed E-state index contributed by atoms with van der Waals surface area (Å²) in [6.07, 6.45) is -4.58. The monoisotopic (exact) mass is 236 g/mol. The average Bonchev–Trinajstić information content (AvgIpc) is 2.15. The molecule has 0 unspecified atom stereocenters. The van der Waals surface area contributed by atoms with Crippen molar-refractivity contribution in [2.45, 2.75) is 25.4 Å². The van der Waals surface area contributed by atoms with Gasteiger partial charge in [0.05, 0.1) is 12.2 Å². The first-order valence-electron chi connectivity index (χ1n) is 4.66. The normalized spacial score (nSPS) is 12.9. The first-order chi connectivity index (χ1) is 7.16. The van der Waals surface area contributed by atoms with Gasteiger partial charge in [0.25, 0.3) is 0 Å². The lowest BCUT2D eigenvalue weighted by molar-refractivity contribution is -0.137. The fourth-order valence-electron chi connectivity index (χ4n) is 1.24. The first-order valence-corrected chi connectivity index (χ1v) is 4.66. The minimum absolute atomic E-state index is 0.127. The van der Waals surface area contributed by atoms with E-state index < -0.39 is 23.0 Å². The summed E-state index contributed by atoms with van der Waals surface area (Å²) in [7, 11) is 0. The highest BCUT2D eigenvalue weighted by atomic mass is 19.4. The van der Waals surface area contributed by atoms with Gasteiger partial charge in [-0.3, -0.25) is 0 Å². The van der Waals surface area contributed by atoms with Crippen LogP contribution in [0, 0.1) is 5.82 Å². The van der Waals surface area contributed by atoms with Crippen molar-refractivity contribution in [3.63, 3.8) is 0 Å². The highest BCUT2D eigenvalue weighted by Gasteiger charge is 2.33. The van der Waals surface area contributed by atoms with Crippen LogP contribution in [0.2, 0.25) is 0 Å². The van der Waals surface area contributed by atoms with Crippen LogP contribution >= 0.6 is 0 Å². The maximum atomic E-state index is 13.0. The summed E-state index contributed by atoms with van der Waals surface area (Å²) < 4.78 is 50.3. The van der Waals surface area contributed by atoms with Crippen molar-refractivity contribution in [3.8, 4) is 0 Å². The van der Waals surface area contributed by atoms with Gasteiger partial charge in [-0.2, -0.15) is 13.2 Å². The van der Waals surface area contributed by atoms with Crippen LogP contribution in [0.1, 0.15) is 25.0 Å². The van der Waals surface area contributed by atoms with Gasteiger partial charge in [0, 0.05) is 5.41 Å². The first kappa shape index (κ1) is 13.0. The van der Waals surface area contributed by atoms with Crippen molar-refractivity contribution in [2.24, 2.45) is 0 Å². The summed E-state index contributed by atoms with van der Waals surface area (Å²) in [6.45, 7) is 2.73. The van der Waals surface area contributed by atoms with Crippen molar-refractivity contribution in [1.82, 2.24) is 0 Å². The Balaban J connectivity index is 3.29. The Morgan fingerprint density at radius 1 is 1.06 bits per heavy atom. The Kier molecular flexibility index (Phi) is 3.28. The van der Waals surface area contributed by atoms with E-state index in [2.05, 4.69) is 0 Å². The van der Waals surface area contributed by atoms with Gasteiger partial charge in [-0.25, -0.2) is 4.39 Å². The Bertz CT molecular complexity index is 382. The summed E-state index contributed by atoms with van der Waals surface area (Å²) in [5.74, 6) is -0.952. The number of aliphatic hydroxyl groups excluding tert-OH is 1. The van der Waals surface area contributed by atoms with Gasteiger partial charge in [-0.1, -0.05) is 13.8 Å². The summed E-state index contributed by atoms with van der Waals surface area (Å²) in [5.41, 5.74) is -1.81. The highest BCUT2D eigenvalue weighted by Crippen LogP contribution is 2.33. The fourth-order valence-corrected chi connectivity index (χ4v) is 1.24. The molecule has 90 valence electrons. The molecule has 0 bridgehead atoms. The Labute approximate surface area is 90.7 Å². The minimum atomic E-state index is -4.58. The van der Waals surface area contributed by atoms with Crippen LogP contribution < -0.4 is 0 Å². The zero-order chi connectivity index (χ0) is 12.6. The molecule has 0 aliphatic heterocycles. The van der Waals surface area contributed by atoms with E-state index in [9.17, 15) is 17.6 Å². The predicted octanol–water partition coefficient (Wildman–Crippen LogP) is 3.11. The van der Waals surface area contributed by atoms with Crippen molar-refractivity contribution in [1.29, 1.82) is 0 Å². The highest BCUT2D eigenvalue weighted by molar-refractivity contribution is 5.31. The van der Waals surface area contributed by atoms with E-state index in [4.69, 9.17) is 5.11 Å². The maximum Gasteiger partial charge on any atom is 0.416 e. The Hall–Kier alpha value is -1.10. The third-order valence-corrected chi connectivity index (χ3v) is 2.40. The molecule has 0 aromatic heterocycles. The van der Waals surface area contributed by atoms with Crippen molar-refractivity contribution >= 4 is 0 Å². The van der Waals surface area contributed by atoms with Crippen molar-refractivity contribution < 1.29 is 22.7 Å². The van der Waals surface area contributed by atoms with E-state index in [1.54, 1.807) is 13.8 Å². The Morgan fingerprint density at radius 3 is 2.00 bits per heavy atom. The second-order valence-electron chi connectivity index (χ2n) is 4.27. The molecule has 0 aliphatic rings. The summed E-state index contributed by atoms with van der Waals surface area (Å²) in [6, 6.07) is 2.31. The van der Waals surface area contributed by atoms with E-state index >= 15 is 0 Å². The van der Waals surface area contributed by atoms with Gasteiger partial charge < -0.3 is 5.11 Å². The molecule has 0 heterocycles. The van der Waals surface area contributed by atoms with Crippen LogP contribution in [-0.4, -0.2) is 11.7 Å². The summed E-state index contributed by atoms with van der Waals surface area (Å²) in [5, 5.41) is 9.03. The number of hydrogen-bond acceptors (Lipinski definition) is 1. The molecule has 1 N–H and O–H groups in total. The number of aliphatic hydroxyl groups is 1. The van der Waals surface area contributed by atoms with Crippen LogP contribution in [0.3, 0.4) is 0 Å². The molecule has 0 amide bonds. The quantitative estimate of drug-likeness (QED) is 0.782. The second-order valence-corrected chi connectivity index (χ2v) is 4.27. The third-order valence-electron chi connectivity index (χ3n) is 2.40. The van der Waals surface area contributed by atoms with E-state index in [-0.39, 0.29) is 12.2 Å². The topological polar surface area (TPSA) is 20.2 Å². The molecule has 5 heteroatoms. The van der Waals surface area contributed by atoms with Gasteiger partial charge in [-0.15, -0.1) is 0 Å². The van der Waals surface area contributed by atoms with Gasteiger partial charge in [0.1, 0.15) is 5.82 Å². The summed E-state index contributed by atoms with van der Waals surface area (Å²) in [4.78, 5) is 0. The number of rotatable bonds is 2. The van der Waals surface area contributed by atoms with Crippen molar-refractivity contribution in [3.05, 3.63) is 35.1 Å². The number of alkyl halides is 3. The van der Waals surface area contributed by atoms with Crippen LogP contribution in [0.5, 0.6) is 0 Å². The largest absolute Gasteiger partial charge is 0.416 e. The fraction of sp³-hybridized carbons (Fsp3) is 0.455. The summed E-state index contributed by atoms with van der Waals surface area (Å²) >= 11 is 0. The standard InChI is InChI=1S/C11H12F4O/c1-10(2,6-16)7-3-8(11(13,14)15)5-9(12)4-7/h3-5,16H,6H2,1-2H3. The average molecular weight is 236 g/mol. The van der Waals surface area contributed by atoms with Gasteiger partial charge in [-0.05, 0) is 23.8 Å². The van der Waals surface area contributed by atoms with E-state index in [0.29, 0.717) is 6.07 Å². The van der Waals surface area contributed by atoms with Gasteiger partial charge in [0.15, 0.2) is 0 Å². The van der Waals surface area contributed by atoms with Crippen LogP contribution in [0.25, 0.3) is 0 Å². The lowest BCUT2D eigenvalue weighted by atomic mass is 9.84. The molecule has 0 spiro atoms. The van der Waals surface area contributed by atoms with E-state index in [1.807, 2.05) is 0 Å². The predicted molar refractivity (Wildman–Crippen MR) is 51.5 cm³/mol. The molecule has 0 fully saturated rings. The molecule has 1 aromatic carbocycles. The molecule has 0 aliphatic carbocycles. The molecule has 0 saturated heterocycles. The molecule has 1 aromatic rings. The molecule has 0 radical (unpaired) electrons. The molecular formula is C11H12F4O. The molecule has 0 atom stereocenters. The van der Waals surface area contributed by atoms with Gasteiger partial charge >= 0.3 is 6.18 Å². The number of hydrogen-bond donors (Lipinski definition) is 1. The molecule has 0 saturated carbocycles. The molecule has 1 rings (SSSR count). The maximum absolute atomic E-state index is 13.0. The molecular weight excluding hydrogens is 224 g/mol. The SMILES string of the molecule is CC(C)(CO)c1cc(F)cc(C(F)(F)F)c1. The molecule has 1 nitrogen and oxygen atoms in total.